The minimum absolute atomic E-state index is 0.0638. The van der Waals surface area contributed by atoms with Gasteiger partial charge < -0.3 is 15.0 Å². The SMILES string of the molecule is CC1CN(C(=O)NCC2CCCO2)CCC1c1ccccc1. The second-order valence-electron chi connectivity index (χ2n) is 6.55. The molecule has 0 spiro atoms. The maximum Gasteiger partial charge on any atom is 0.317 e. The zero-order valence-corrected chi connectivity index (χ0v) is 13.3. The lowest BCUT2D eigenvalue weighted by atomic mass is 9.82. The van der Waals surface area contributed by atoms with Gasteiger partial charge in [0, 0.05) is 26.2 Å². The molecule has 2 aliphatic heterocycles. The van der Waals surface area contributed by atoms with Crippen LogP contribution in [0.5, 0.6) is 0 Å². The molecule has 1 aromatic carbocycles. The molecule has 2 fully saturated rings. The summed E-state index contributed by atoms with van der Waals surface area (Å²) in [5.74, 6) is 1.05. The topological polar surface area (TPSA) is 41.6 Å². The highest BCUT2D eigenvalue weighted by molar-refractivity contribution is 5.74. The summed E-state index contributed by atoms with van der Waals surface area (Å²) in [6, 6.07) is 10.7. The maximum atomic E-state index is 12.3. The van der Waals surface area contributed by atoms with Crippen LogP contribution in [-0.4, -0.2) is 43.3 Å². The van der Waals surface area contributed by atoms with Crippen LogP contribution in [0.25, 0.3) is 0 Å². The fourth-order valence-electron chi connectivity index (χ4n) is 3.64. The standard InChI is InChI=1S/C18H26N2O2/c1-14-13-20(18(21)19-12-16-8-5-11-22-16)10-9-17(14)15-6-3-2-4-7-15/h2-4,6-7,14,16-17H,5,8-13H2,1H3,(H,19,21). The molecule has 4 nitrogen and oxygen atoms in total. The first-order valence-electron chi connectivity index (χ1n) is 8.43. The van der Waals surface area contributed by atoms with E-state index < -0.39 is 0 Å². The number of nitrogens with one attached hydrogen (secondary N) is 1. The molecule has 2 aliphatic rings. The Labute approximate surface area is 132 Å². The number of hydrogen-bond donors (Lipinski definition) is 1. The van der Waals surface area contributed by atoms with Crippen molar-refractivity contribution in [1.82, 2.24) is 10.2 Å². The predicted molar refractivity (Wildman–Crippen MR) is 86.9 cm³/mol. The van der Waals surface area contributed by atoms with Crippen LogP contribution in [0.4, 0.5) is 4.79 Å². The second kappa shape index (κ2) is 7.14. The Morgan fingerprint density at radius 2 is 2.14 bits per heavy atom. The van der Waals surface area contributed by atoms with Gasteiger partial charge in [0.25, 0.3) is 0 Å². The number of carbonyl (C=O) groups is 1. The van der Waals surface area contributed by atoms with E-state index >= 15 is 0 Å². The molecule has 1 aromatic rings. The summed E-state index contributed by atoms with van der Waals surface area (Å²) in [5, 5.41) is 3.03. The van der Waals surface area contributed by atoms with Crippen molar-refractivity contribution in [3.8, 4) is 0 Å². The summed E-state index contributed by atoms with van der Waals surface area (Å²) in [4.78, 5) is 14.3. The lowest BCUT2D eigenvalue weighted by Crippen LogP contribution is -2.48. The van der Waals surface area contributed by atoms with Gasteiger partial charge in [-0.25, -0.2) is 4.79 Å². The Morgan fingerprint density at radius 1 is 1.32 bits per heavy atom. The number of ether oxygens (including phenoxy) is 1. The highest BCUT2D eigenvalue weighted by atomic mass is 16.5. The first-order valence-corrected chi connectivity index (χ1v) is 8.43. The quantitative estimate of drug-likeness (QED) is 0.932. The number of urea groups is 1. The molecule has 4 heteroatoms. The molecule has 0 bridgehead atoms. The maximum absolute atomic E-state index is 12.3. The number of carbonyl (C=O) groups excluding carboxylic acids is 1. The minimum Gasteiger partial charge on any atom is -0.376 e. The number of nitrogens with zero attached hydrogens (tertiary/aromatic N) is 1. The Balaban J connectivity index is 1.50. The molecule has 3 rings (SSSR count). The molecule has 1 N–H and O–H groups in total. The second-order valence-corrected chi connectivity index (χ2v) is 6.55. The third kappa shape index (κ3) is 3.61. The van der Waals surface area contributed by atoms with E-state index in [-0.39, 0.29) is 12.1 Å². The molecule has 0 aliphatic carbocycles. The van der Waals surface area contributed by atoms with Gasteiger partial charge in [-0.05, 0) is 36.7 Å². The Kier molecular flexibility index (Phi) is 4.98. The van der Waals surface area contributed by atoms with Gasteiger partial charge in [0.05, 0.1) is 6.10 Å². The first-order chi connectivity index (χ1) is 10.7. The van der Waals surface area contributed by atoms with Crippen molar-refractivity contribution >= 4 is 6.03 Å². The molecule has 120 valence electrons. The highest BCUT2D eigenvalue weighted by Gasteiger charge is 2.29. The molecule has 3 unspecified atom stereocenters. The summed E-state index contributed by atoms with van der Waals surface area (Å²) in [6.45, 7) is 5.39. The van der Waals surface area contributed by atoms with Gasteiger partial charge in [0.1, 0.15) is 0 Å². The molecule has 22 heavy (non-hydrogen) atoms. The van der Waals surface area contributed by atoms with Crippen molar-refractivity contribution in [3.63, 3.8) is 0 Å². The summed E-state index contributed by atoms with van der Waals surface area (Å²) < 4.78 is 5.55. The van der Waals surface area contributed by atoms with E-state index in [0.717, 1.165) is 39.0 Å². The average molecular weight is 302 g/mol. The summed E-state index contributed by atoms with van der Waals surface area (Å²) in [7, 11) is 0. The lowest BCUT2D eigenvalue weighted by molar-refractivity contribution is 0.106. The van der Waals surface area contributed by atoms with Crippen LogP contribution in [0.2, 0.25) is 0 Å². The van der Waals surface area contributed by atoms with Crippen LogP contribution < -0.4 is 5.32 Å². The van der Waals surface area contributed by atoms with Crippen molar-refractivity contribution < 1.29 is 9.53 Å². The Bertz CT molecular complexity index is 485. The zero-order chi connectivity index (χ0) is 15.4. The van der Waals surface area contributed by atoms with Crippen LogP contribution in [0.1, 0.15) is 37.7 Å². The Morgan fingerprint density at radius 3 is 2.82 bits per heavy atom. The number of hydrogen-bond acceptors (Lipinski definition) is 2. The number of amides is 2. The fraction of sp³-hybridized carbons (Fsp3) is 0.611. The van der Waals surface area contributed by atoms with Gasteiger partial charge in [-0.3, -0.25) is 0 Å². The number of benzene rings is 1. The van der Waals surface area contributed by atoms with Gasteiger partial charge >= 0.3 is 6.03 Å². The van der Waals surface area contributed by atoms with E-state index in [1.165, 1.54) is 5.56 Å². The van der Waals surface area contributed by atoms with Crippen LogP contribution in [0.3, 0.4) is 0 Å². The largest absolute Gasteiger partial charge is 0.376 e. The van der Waals surface area contributed by atoms with Crippen molar-refractivity contribution in [2.24, 2.45) is 5.92 Å². The number of rotatable bonds is 3. The van der Waals surface area contributed by atoms with E-state index in [1.807, 2.05) is 4.90 Å². The molecule has 2 amide bonds. The summed E-state index contributed by atoms with van der Waals surface area (Å²) >= 11 is 0. The molecule has 0 radical (unpaired) electrons. The third-order valence-corrected chi connectivity index (χ3v) is 4.93. The van der Waals surface area contributed by atoms with Crippen LogP contribution in [0, 0.1) is 5.92 Å². The number of likely N-dealkylation sites (tertiary alicyclic amines) is 1. The lowest BCUT2D eigenvalue weighted by Gasteiger charge is -2.37. The van der Waals surface area contributed by atoms with E-state index in [2.05, 4.69) is 42.6 Å². The number of piperidine rings is 1. The van der Waals surface area contributed by atoms with Gasteiger partial charge in [0.15, 0.2) is 0 Å². The summed E-state index contributed by atoms with van der Waals surface area (Å²) in [6.07, 6.45) is 3.42. The van der Waals surface area contributed by atoms with Crippen molar-refractivity contribution in [1.29, 1.82) is 0 Å². The van der Waals surface area contributed by atoms with Crippen molar-refractivity contribution in [3.05, 3.63) is 35.9 Å². The predicted octanol–water partition coefficient (Wildman–Crippen LogP) is 3.00. The fourth-order valence-corrected chi connectivity index (χ4v) is 3.64. The van der Waals surface area contributed by atoms with E-state index in [0.29, 0.717) is 18.4 Å². The van der Waals surface area contributed by atoms with Crippen LogP contribution >= 0.6 is 0 Å². The molecule has 0 saturated carbocycles. The van der Waals surface area contributed by atoms with Crippen LogP contribution in [0.15, 0.2) is 30.3 Å². The average Bonchev–Trinajstić information content (AvgIpc) is 3.07. The van der Waals surface area contributed by atoms with E-state index in [4.69, 9.17) is 4.74 Å². The monoisotopic (exact) mass is 302 g/mol. The van der Waals surface area contributed by atoms with E-state index in [1.54, 1.807) is 0 Å². The van der Waals surface area contributed by atoms with Gasteiger partial charge in [-0.2, -0.15) is 0 Å². The normalized spacial score (nSPS) is 28.6. The molecule has 2 saturated heterocycles. The smallest absolute Gasteiger partial charge is 0.317 e. The van der Waals surface area contributed by atoms with E-state index in [9.17, 15) is 4.79 Å². The Hall–Kier alpha value is -1.55. The van der Waals surface area contributed by atoms with Gasteiger partial charge in [-0.15, -0.1) is 0 Å². The van der Waals surface area contributed by atoms with Crippen molar-refractivity contribution in [2.75, 3.05) is 26.2 Å². The first kappa shape index (κ1) is 15.3. The molecular weight excluding hydrogens is 276 g/mol. The van der Waals surface area contributed by atoms with Crippen molar-refractivity contribution in [2.45, 2.75) is 38.2 Å². The highest BCUT2D eigenvalue weighted by Crippen LogP contribution is 2.32. The van der Waals surface area contributed by atoms with Crippen LogP contribution in [-0.2, 0) is 4.74 Å². The molecular formula is C18H26N2O2. The van der Waals surface area contributed by atoms with Gasteiger partial charge in [0.2, 0.25) is 0 Å². The molecule has 2 heterocycles. The minimum atomic E-state index is 0.0638. The zero-order valence-electron chi connectivity index (χ0n) is 13.3. The molecule has 0 aromatic heterocycles. The third-order valence-electron chi connectivity index (χ3n) is 4.93. The summed E-state index contributed by atoms with van der Waals surface area (Å²) in [5.41, 5.74) is 1.40. The molecule has 3 atom stereocenters. The van der Waals surface area contributed by atoms with Gasteiger partial charge in [-0.1, -0.05) is 37.3 Å².